The third-order valence-electron chi connectivity index (χ3n) is 3.02. The Morgan fingerprint density at radius 2 is 1.86 bits per heavy atom. The molecule has 0 aliphatic rings. The van der Waals surface area contributed by atoms with Crippen molar-refractivity contribution in [3.8, 4) is 11.5 Å². The lowest BCUT2D eigenvalue weighted by atomic mass is 10.4. The Balaban J connectivity index is 2.82. The van der Waals surface area contributed by atoms with Crippen LogP contribution in [0.25, 0.3) is 0 Å². The summed E-state index contributed by atoms with van der Waals surface area (Å²) in [5, 5.41) is 4.23. The fourth-order valence-corrected chi connectivity index (χ4v) is 4.58. The van der Waals surface area contributed by atoms with Crippen LogP contribution in [0.5, 0.6) is 0 Å². The van der Waals surface area contributed by atoms with Crippen LogP contribution in [0.1, 0.15) is 26.3 Å². The topological polar surface area (TPSA) is 0 Å². The first-order valence-electron chi connectivity index (χ1n) is 5.31. The van der Waals surface area contributed by atoms with E-state index in [1.54, 1.807) is 11.3 Å². The van der Waals surface area contributed by atoms with Gasteiger partial charge in [-0.15, -0.1) is 5.54 Å². The van der Waals surface area contributed by atoms with Crippen LogP contribution >= 0.6 is 11.3 Å². The second-order valence-electron chi connectivity index (χ2n) is 3.60. The highest BCUT2D eigenvalue weighted by molar-refractivity contribution is 7.08. The zero-order chi connectivity index (χ0) is 10.4. The lowest BCUT2D eigenvalue weighted by molar-refractivity contribution is 1.20. The van der Waals surface area contributed by atoms with Gasteiger partial charge in [-0.05, 0) is 29.6 Å². The number of hydrogen-bond donors (Lipinski definition) is 0. The van der Waals surface area contributed by atoms with E-state index in [-0.39, 0.29) is 0 Å². The van der Waals surface area contributed by atoms with E-state index in [1.165, 1.54) is 23.7 Å². The molecule has 1 heterocycles. The first-order valence-corrected chi connectivity index (χ1v) is 8.88. The Kier molecular flexibility index (Phi) is 4.44. The molecule has 0 fully saturated rings. The standard InChI is InChI=1S/C12H18SSi/c1-4-14(5-2,6-3)10-8-12-7-9-13-11-12/h7,9,11H,4-6H2,1-3H3. The van der Waals surface area contributed by atoms with Crippen molar-refractivity contribution in [2.45, 2.75) is 38.9 Å². The molecule has 0 N–H and O–H groups in total. The Morgan fingerprint density at radius 1 is 1.21 bits per heavy atom. The SMILES string of the molecule is CC[Si](C#Cc1ccsc1)(CC)CC. The van der Waals surface area contributed by atoms with Gasteiger partial charge >= 0.3 is 0 Å². The minimum atomic E-state index is -1.23. The lowest BCUT2D eigenvalue weighted by Gasteiger charge is -2.19. The van der Waals surface area contributed by atoms with E-state index >= 15 is 0 Å². The summed E-state index contributed by atoms with van der Waals surface area (Å²) in [7, 11) is -1.23. The molecule has 0 atom stereocenters. The third kappa shape index (κ3) is 2.73. The smallest absolute Gasteiger partial charge is 0.138 e. The average Bonchev–Trinajstić information content (AvgIpc) is 2.74. The van der Waals surface area contributed by atoms with Gasteiger partial charge in [0.15, 0.2) is 0 Å². The zero-order valence-electron chi connectivity index (χ0n) is 9.26. The largest absolute Gasteiger partial charge is 0.151 e. The van der Waals surface area contributed by atoms with Crippen LogP contribution in [0.3, 0.4) is 0 Å². The molecule has 0 spiro atoms. The van der Waals surface area contributed by atoms with Crippen molar-refractivity contribution >= 4 is 19.4 Å². The van der Waals surface area contributed by atoms with E-state index in [1.807, 2.05) is 0 Å². The molecular weight excluding hydrogens is 204 g/mol. The van der Waals surface area contributed by atoms with Gasteiger partial charge in [0.2, 0.25) is 0 Å². The first kappa shape index (κ1) is 11.6. The van der Waals surface area contributed by atoms with E-state index in [9.17, 15) is 0 Å². The summed E-state index contributed by atoms with van der Waals surface area (Å²) in [4.78, 5) is 0. The average molecular weight is 222 g/mol. The maximum atomic E-state index is 3.58. The van der Waals surface area contributed by atoms with Gasteiger partial charge in [-0.1, -0.05) is 26.7 Å². The predicted molar refractivity (Wildman–Crippen MR) is 68.4 cm³/mol. The molecular formula is C12H18SSi. The molecule has 2 heteroatoms. The van der Waals surface area contributed by atoms with Crippen molar-refractivity contribution in [3.63, 3.8) is 0 Å². The molecule has 0 nitrogen and oxygen atoms in total. The van der Waals surface area contributed by atoms with E-state index < -0.39 is 8.07 Å². The van der Waals surface area contributed by atoms with Crippen LogP contribution in [-0.2, 0) is 0 Å². The molecule has 0 radical (unpaired) electrons. The van der Waals surface area contributed by atoms with Gasteiger partial charge < -0.3 is 0 Å². The van der Waals surface area contributed by atoms with Crippen molar-refractivity contribution in [2.75, 3.05) is 0 Å². The summed E-state index contributed by atoms with van der Waals surface area (Å²) in [5.74, 6) is 3.34. The second-order valence-corrected chi connectivity index (χ2v) is 9.32. The van der Waals surface area contributed by atoms with E-state index in [0.29, 0.717) is 0 Å². The fourth-order valence-electron chi connectivity index (χ4n) is 1.56. The van der Waals surface area contributed by atoms with Crippen LogP contribution in [0, 0.1) is 11.5 Å². The normalized spacial score (nSPS) is 10.8. The maximum Gasteiger partial charge on any atom is 0.138 e. The number of hydrogen-bond acceptors (Lipinski definition) is 1. The molecule has 0 aromatic carbocycles. The van der Waals surface area contributed by atoms with Crippen molar-refractivity contribution in [1.82, 2.24) is 0 Å². The summed E-state index contributed by atoms with van der Waals surface area (Å²) < 4.78 is 0. The van der Waals surface area contributed by atoms with Gasteiger partial charge in [-0.2, -0.15) is 11.3 Å². The van der Waals surface area contributed by atoms with Gasteiger partial charge in [0.25, 0.3) is 0 Å². The first-order chi connectivity index (χ1) is 6.76. The van der Waals surface area contributed by atoms with Crippen LogP contribution in [-0.4, -0.2) is 8.07 Å². The monoisotopic (exact) mass is 222 g/mol. The Hall–Kier alpha value is -0.523. The summed E-state index contributed by atoms with van der Waals surface area (Å²) in [5.41, 5.74) is 4.78. The molecule has 0 bridgehead atoms. The predicted octanol–water partition coefficient (Wildman–Crippen LogP) is 4.15. The van der Waals surface area contributed by atoms with Crippen molar-refractivity contribution in [3.05, 3.63) is 22.4 Å². The highest BCUT2D eigenvalue weighted by Gasteiger charge is 2.23. The highest BCUT2D eigenvalue weighted by Crippen LogP contribution is 2.19. The van der Waals surface area contributed by atoms with Crippen molar-refractivity contribution < 1.29 is 0 Å². The molecule has 0 saturated heterocycles. The molecule has 1 aromatic rings. The van der Waals surface area contributed by atoms with E-state index in [2.05, 4.69) is 49.1 Å². The summed E-state index contributed by atoms with van der Waals surface area (Å²) in [6.07, 6.45) is 0. The minimum Gasteiger partial charge on any atom is -0.151 e. The Labute approximate surface area is 92.4 Å². The molecule has 14 heavy (non-hydrogen) atoms. The van der Waals surface area contributed by atoms with Gasteiger partial charge in [-0.3, -0.25) is 0 Å². The summed E-state index contributed by atoms with van der Waals surface area (Å²) in [6.45, 7) is 6.88. The summed E-state index contributed by atoms with van der Waals surface area (Å²) in [6, 6.07) is 5.98. The van der Waals surface area contributed by atoms with Crippen LogP contribution < -0.4 is 0 Å². The lowest BCUT2D eigenvalue weighted by Crippen LogP contribution is -2.29. The zero-order valence-corrected chi connectivity index (χ0v) is 11.1. The molecule has 0 aliphatic carbocycles. The van der Waals surface area contributed by atoms with E-state index in [0.717, 1.165) is 0 Å². The van der Waals surface area contributed by atoms with Crippen molar-refractivity contribution in [2.24, 2.45) is 0 Å². The van der Waals surface area contributed by atoms with Crippen LogP contribution in [0.2, 0.25) is 18.1 Å². The molecule has 76 valence electrons. The second kappa shape index (κ2) is 5.38. The van der Waals surface area contributed by atoms with Crippen LogP contribution in [0.4, 0.5) is 0 Å². The third-order valence-corrected chi connectivity index (χ3v) is 8.42. The summed E-state index contributed by atoms with van der Waals surface area (Å²) >= 11 is 1.73. The molecule has 0 unspecified atom stereocenters. The fraction of sp³-hybridized carbons (Fsp3) is 0.500. The maximum absolute atomic E-state index is 3.58. The van der Waals surface area contributed by atoms with E-state index in [4.69, 9.17) is 0 Å². The Morgan fingerprint density at radius 3 is 2.29 bits per heavy atom. The molecule has 0 amide bonds. The molecule has 0 saturated carbocycles. The van der Waals surface area contributed by atoms with Gasteiger partial charge in [-0.25, -0.2) is 0 Å². The number of thiophene rings is 1. The van der Waals surface area contributed by atoms with Gasteiger partial charge in [0.05, 0.1) is 0 Å². The van der Waals surface area contributed by atoms with Gasteiger partial charge in [0, 0.05) is 10.9 Å². The molecule has 1 aromatic heterocycles. The molecule has 0 aliphatic heterocycles. The van der Waals surface area contributed by atoms with Crippen LogP contribution in [0.15, 0.2) is 16.8 Å². The molecule has 1 rings (SSSR count). The van der Waals surface area contributed by atoms with Gasteiger partial charge in [0.1, 0.15) is 8.07 Å². The van der Waals surface area contributed by atoms with Crippen molar-refractivity contribution in [1.29, 1.82) is 0 Å². The quantitative estimate of drug-likeness (QED) is 0.532. The number of rotatable bonds is 3. The minimum absolute atomic E-state index is 1.20. The Bertz CT molecular complexity index is 304. The highest BCUT2D eigenvalue weighted by atomic mass is 32.1.